The van der Waals surface area contributed by atoms with E-state index in [1.54, 1.807) is 6.20 Å². The molecule has 0 saturated heterocycles. The van der Waals surface area contributed by atoms with Gasteiger partial charge in [-0.2, -0.15) is 0 Å². The molecule has 1 aromatic carbocycles. The third-order valence-corrected chi connectivity index (χ3v) is 4.15. The number of carbonyl (C=O) groups excluding carboxylic acids is 1. The number of rotatable bonds is 2. The summed E-state index contributed by atoms with van der Waals surface area (Å²) in [6.45, 7) is 8.80. The van der Waals surface area contributed by atoms with Crippen LogP contribution < -0.4 is 10.7 Å². The van der Waals surface area contributed by atoms with Crippen LogP contribution in [0, 0.1) is 5.41 Å². The lowest BCUT2D eigenvalue weighted by atomic mass is 9.97. The summed E-state index contributed by atoms with van der Waals surface area (Å²) in [6.07, 6.45) is 2.63. The quantitative estimate of drug-likeness (QED) is 0.927. The minimum Gasteiger partial charge on any atom is -0.351 e. The summed E-state index contributed by atoms with van der Waals surface area (Å²) in [5.41, 5.74) is 2.22. The van der Waals surface area contributed by atoms with E-state index in [1.807, 2.05) is 12.1 Å². The molecule has 3 rings (SSSR count). The number of amides is 1. The van der Waals surface area contributed by atoms with Crippen LogP contribution in [0.3, 0.4) is 0 Å². The lowest BCUT2D eigenvalue weighted by Crippen LogP contribution is -2.35. The van der Waals surface area contributed by atoms with Crippen molar-refractivity contribution in [2.45, 2.75) is 40.2 Å². The first-order valence-corrected chi connectivity index (χ1v) is 7.73. The van der Waals surface area contributed by atoms with E-state index in [4.69, 9.17) is 0 Å². The molecule has 1 aliphatic rings. The van der Waals surface area contributed by atoms with Crippen LogP contribution in [0.15, 0.2) is 29.2 Å². The van der Waals surface area contributed by atoms with Gasteiger partial charge in [-0.3, -0.25) is 9.59 Å². The fourth-order valence-electron chi connectivity index (χ4n) is 3.02. The molecule has 0 fully saturated rings. The van der Waals surface area contributed by atoms with Crippen LogP contribution in [0.2, 0.25) is 0 Å². The second kappa shape index (κ2) is 4.97. The molecule has 1 aliphatic heterocycles. The van der Waals surface area contributed by atoms with Gasteiger partial charge in [-0.1, -0.05) is 32.9 Å². The Morgan fingerprint density at radius 2 is 2.09 bits per heavy atom. The minimum absolute atomic E-state index is 0.0139. The number of pyridine rings is 1. The van der Waals surface area contributed by atoms with Gasteiger partial charge >= 0.3 is 0 Å². The Labute approximate surface area is 130 Å². The van der Waals surface area contributed by atoms with Crippen molar-refractivity contribution in [3.05, 3.63) is 45.7 Å². The number of hydrogen-bond donors (Lipinski definition) is 1. The lowest BCUT2D eigenvalue weighted by Gasteiger charge is -2.19. The largest absolute Gasteiger partial charge is 0.351 e. The Balaban J connectivity index is 2.08. The number of aromatic nitrogens is 1. The Bertz CT molecular complexity index is 812. The molecule has 116 valence electrons. The maximum absolute atomic E-state index is 12.7. The van der Waals surface area contributed by atoms with Crippen LogP contribution in [-0.2, 0) is 6.42 Å². The molecule has 0 aliphatic carbocycles. The van der Waals surface area contributed by atoms with Crippen molar-refractivity contribution < 1.29 is 4.79 Å². The smallest absolute Gasteiger partial charge is 0.256 e. The van der Waals surface area contributed by atoms with Crippen molar-refractivity contribution in [2.24, 2.45) is 5.41 Å². The predicted molar refractivity (Wildman–Crippen MR) is 88.4 cm³/mol. The van der Waals surface area contributed by atoms with E-state index in [0.29, 0.717) is 11.9 Å². The fraction of sp³-hybridized carbons (Fsp3) is 0.444. The summed E-state index contributed by atoms with van der Waals surface area (Å²) in [4.78, 5) is 25.1. The zero-order valence-corrected chi connectivity index (χ0v) is 13.6. The first-order valence-electron chi connectivity index (χ1n) is 7.73. The summed E-state index contributed by atoms with van der Waals surface area (Å²) in [5.74, 6) is -0.282. The summed E-state index contributed by atoms with van der Waals surface area (Å²) in [6, 6.07) is 6.05. The standard InChI is InChI=1S/C18H22N2O2/c1-11-8-12-6-5-7-13-15(12)20(11)9-14(16(13)21)17(22)19-10-18(2,3)4/h5-7,9,11H,8,10H2,1-4H3,(H,19,22). The highest BCUT2D eigenvalue weighted by molar-refractivity contribution is 5.98. The van der Waals surface area contributed by atoms with Crippen molar-refractivity contribution in [1.29, 1.82) is 0 Å². The van der Waals surface area contributed by atoms with Crippen molar-refractivity contribution in [1.82, 2.24) is 9.88 Å². The molecule has 2 aromatic rings. The van der Waals surface area contributed by atoms with Crippen LogP contribution in [0.25, 0.3) is 10.9 Å². The maximum Gasteiger partial charge on any atom is 0.256 e. The van der Waals surface area contributed by atoms with Crippen molar-refractivity contribution in [3.8, 4) is 0 Å². The van der Waals surface area contributed by atoms with Crippen molar-refractivity contribution >= 4 is 16.8 Å². The van der Waals surface area contributed by atoms with E-state index < -0.39 is 0 Å². The number of hydrogen-bond acceptors (Lipinski definition) is 2. The number of carbonyl (C=O) groups is 1. The molecule has 0 spiro atoms. The van der Waals surface area contributed by atoms with Gasteiger partial charge in [0.15, 0.2) is 0 Å². The van der Waals surface area contributed by atoms with Gasteiger partial charge in [0, 0.05) is 24.2 Å². The molecule has 4 heteroatoms. The van der Waals surface area contributed by atoms with E-state index in [1.165, 1.54) is 5.56 Å². The van der Waals surface area contributed by atoms with E-state index in [-0.39, 0.29) is 28.4 Å². The molecule has 4 nitrogen and oxygen atoms in total. The predicted octanol–water partition coefficient (Wildman–Crippen LogP) is 2.89. The molecule has 1 amide bonds. The van der Waals surface area contributed by atoms with E-state index in [9.17, 15) is 9.59 Å². The van der Waals surface area contributed by atoms with Gasteiger partial charge in [-0.15, -0.1) is 0 Å². The fourth-order valence-corrected chi connectivity index (χ4v) is 3.02. The second-order valence-corrected chi connectivity index (χ2v) is 7.39. The van der Waals surface area contributed by atoms with Gasteiger partial charge in [0.1, 0.15) is 5.56 Å². The molecule has 22 heavy (non-hydrogen) atoms. The van der Waals surface area contributed by atoms with Crippen LogP contribution in [0.1, 0.15) is 49.7 Å². The van der Waals surface area contributed by atoms with E-state index in [0.717, 1.165) is 11.9 Å². The first-order chi connectivity index (χ1) is 10.3. The van der Waals surface area contributed by atoms with Crippen LogP contribution in [-0.4, -0.2) is 17.0 Å². The Kier molecular flexibility index (Phi) is 3.35. The van der Waals surface area contributed by atoms with Gasteiger partial charge in [0.25, 0.3) is 5.91 Å². The monoisotopic (exact) mass is 298 g/mol. The number of nitrogens with one attached hydrogen (secondary N) is 1. The highest BCUT2D eigenvalue weighted by Gasteiger charge is 2.24. The lowest BCUT2D eigenvalue weighted by molar-refractivity contribution is 0.0937. The Morgan fingerprint density at radius 3 is 2.77 bits per heavy atom. The maximum atomic E-state index is 12.7. The summed E-state index contributed by atoms with van der Waals surface area (Å²) < 4.78 is 2.07. The zero-order chi connectivity index (χ0) is 16.1. The zero-order valence-electron chi connectivity index (χ0n) is 13.6. The summed E-state index contributed by atoms with van der Waals surface area (Å²) >= 11 is 0. The van der Waals surface area contributed by atoms with Crippen LogP contribution >= 0.6 is 0 Å². The molecule has 0 saturated carbocycles. The van der Waals surface area contributed by atoms with Gasteiger partial charge in [-0.25, -0.2) is 0 Å². The summed E-state index contributed by atoms with van der Waals surface area (Å²) in [5, 5.41) is 3.52. The Hall–Kier alpha value is -2.10. The average molecular weight is 298 g/mol. The van der Waals surface area contributed by atoms with E-state index >= 15 is 0 Å². The third-order valence-electron chi connectivity index (χ3n) is 4.15. The molecule has 0 radical (unpaired) electrons. The molecule has 0 bridgehead atoms. The number of benzene rings is 1. The van der Waals surface area contributed by atoms with Gasteiger partial charge < -0.3 is 9.88 Å². The SMILES string of the molecule is CC1Cc2cccc3c(=O)c(C(=O)NCC(C)(C)C)cn1c23. The van der Waals surface area contributed by atoms with Crippen molar-refractivity contribution in [2.75, 3.05) is 6.54 Å². The topological polar surface area (TPSA) is 51.1 Å². The highest BCUT2D eigenvalue weighted by atomic mass is 16.2. The third kappa shape index (κ3) is 2.43. The molecule has 1 unspecified atom stereocenters. The highest BCUT2D eigenvalue weighted by Crippen LogP contribution is 2.30. The van der Waals surface area contributed by atoms with Crippen LogP contribution in [0.5, 0.6) is 0 Å². The minimum atomic E-state index is -0.282. The number of nitrogens with zero attached hydrogens (tertiary/aromatic N) is 1. The second-order valence-electron chi connectivity index (χ2n) is 7.39. The summed E-state index contributed by atoms with van der Waals surface area (Å²) in [7, 11) is 0. The molecular formula is C18H22N2O2. The van der Waals surface area contributed by atoms with Gasteiger partial charge in [-0.05, 0) is 30.4 Å². The molecular weight excluding hydrogens is 276 g/mol. The normalized spacial score (nSPS) is 17.0. The van der Waals surface area contributed by atoms with Crippen LogP contribution in [0.4, 0.5) is 0 Å². The first kappa shape index (κ1) is 14.8. The number of para-hydroxylation sites is 1. The molecule has 1 aromatic heterocycles. The van der Waals surface area contributed by atoms with Gasteiger partial charge in [0.2, 0.25) is 5.43 Å². The Morgan fingerprint density at radius 1 is 1.36 bits per heavy atom. The molecule has 1 atom stereocenters. The van der Waals surface area contributed by atoms with E-state index in [2.05, 4.69) is 43.6 Å². The van der Waals surface area contributed by atoms with Gasteiger partial charge in [0.05, 0.1) is 5.52 Å². The van der Waals surface area contributed by atoms with Crippen molar-refractivity contribution in [3.63, 3.8) is 0 Å². The molecule has 2 heterocycles. The average Bonchev–Trinajstić information content (AvgIpc) is 2.76. The molecule has 1 N–H and O–H groups in total.